The third kappa shape index (κ3) is 3.96. The van der Waals surface area contributed by atoms with Gasteiger partial charge in [-0.05, 0) is 37.1 Å². The highest BCUT2D eigenvalue weighted by Crippen LogP contribution is 2.44. The van der Waals surface area contributed by atoms with Gasteiger partial charge < -0.3 is 0 Å². The summed E-state index contributed by atoms with van der Waals surface area (Å²) in [6, 6.07) is 1.45. The minimum Gasteiger partial charge on any atom is -0.299 e. The minimum atomic E-state index is -4.97. The molecule has 1 saturated carbocycles. The van der Waals surface area contributed by atoms with Crippen LogP contribution in [-0.2, 0) is 26.9 Å². The van der Waals surface area contributed by atoms with Gasteiger partial charge in [0, 0.05) is 18.3 Å². The molecular formula is C19H18F6O3. The summed E-state index contributed by atoms with van der Waals surface area (Å²) in [6.45, 7) is 3.30. The maximum atomic E-state index is 13.3. The summed E-state index contributed by atoms with van der Waals surface area (Å²) in [5, 5.41) is 0. The SMILES string of the molecule is C[C@@H]1C(=O)CC2C[C@@H]1OO[C@@]2(C)C=Cc1ccc(C(F)(F)F)cc1C(F)(F)F. The van der Waals surface area contributed by atoms with E-state index in [-0.39, 0.29) is 30.1 Å². The summed E-state index contributed by atoms with van der Waals surface area (Å²) in [4.78, 5) is 22.7. The van der Waals surface area contributed by atoms with Crippen LogP contribution in [-0.4, -0.2) is 17.5 Å². The largest absolute Gasteiger partial charge is 0.417 e. The van der Waals surface area contributed by atoms with E-state index >= 15 is 0 Å². The second-order valence-electron chi connectivity index (χ2n) is 7.42. The average molecular weight is 408 g/mol. The lowest BCUT2D eigenvalue weighted by atomic mass is 9.71. The Balaban J connectivity index is 1.92. The van der Waals surface area contributed by atoms with Crippen molar-refractivity contribution in [1.29, 1.82) is 0 Å². The molecule has 3 rings (SSSR count). The van der Waals surface area contributed by atoms with E-state index in [1.54, 1.807) is 13.8 Å². The fourth-order valence-electron chi connectivity index (χ4n) is 3.54. The fourth-order valence-corrected chi connectivity index (χ4v) is 3.54. The van der Waals surface area contributed by atoms with Gasteiger partial charge in [-0.3, -0.25) is 4.79 Å². The number of hydrogen-bond donors (Lipinski definition) is 0. The molecule has 28 heavy (non-hydrogen) atoms. The minimum absolute atomic E-state index is 0.0188. The summed E-state index contributed by atoms with van der Waals surface area (Å²) in [7, 11) is 0. The molecular weight excluding hydrogens is 390 g/mol. The van der Waals surface area contributed by atoms with Gasteiger partial charge in [0.25, 0.3) is 0 Å². The second-order valence-corrected chi connectivity index (χ2v) is 7.42. The molecule has 154 valence electrons. The third-order valence-electron chi connectivity index (χ3n) is 5.47. The molecule has 0 amide bonds. The molecule has 0 aromatic heterocycles. The Morgan fingerprint density at radius 2 is 1.82 bits per heavy atom. The van der Waals surface area contributed by atoms with Crippen LogP contribution >= 0.6 is 0 Å². The van der Waals surface area contributed by atoms with Crippen molar-refractivity contribution in [3.8, 4) is 0 Å². The zero-order chi connectivity index (χ0) is 20.9. The Kier molecular flexibility index (Phi) is 5.12. The van der Waals surface area contributed by atoms with E-state index in [1.165, 1.54) is 6.08 Å². The van der Waals surface area contributed by atoms with Gasteiger partial charge in [-0.1, -0.05) is 19.1 Å². The van der Waals surface area contributed by atoms with Crippen molar-refractivity contribution in [3.05, 3.63) is 41.0 Å². The molecule has 1 aliphatic heterocycles. The number of carbonyl (C=O) groups is 1. The van der Waals surface area contributed by atoms with E-state index in [4.69, 9.17) is 9.78 Å². The highest BCUT2D eigenvalue weighted by atomic mass is 19.4. The number of hydrogen-bond acceptors (Lipinski definition) is 3. The molecule has 3 nitrogen and oxygen atoms in total. The average Bonchev–Trinajstić information content (AvgIpc) is 2.59. The molecule has 1 aliphatic carbocycles. The van der Waals surface area contributed by atoms with E-state index in [1.807, 2.05) is 0 Å². The van der Waals surface area contributed by atoms with Crippen molar-refractivity contribution < 1.29 is 40.9 Å². The molecule has 1 heterocycles. The lowest BCUT2D eigenvalue weighted by Crippen LogP contribution is -2.52. The molecule has 2 bridgehead atoms. The topological polar surface area (TPSA) is 35.5 Å². The summed E-state index contributed by atoms with van der Waals surface area (Å²) < 4.78 is 78.2. The van der Waals surface area contributed by atoms with Crippen LogP contribution in [0.5, 0.6) is 0 Å². The Hall–Kier alpha value is -1.87. The van der Waals surface area contributed by atoms with Crippen molar-refractivity contribution in [2.45, 2.75) is 50.7 Å². The maximum Gasteiger partial charge on any atom is 0.417 e. The van der Waals surface area contributed by atoms with Crippen molar-refractivity contribution in [2.75, 3.05) is 0 Å². The molecule has 0 spiro atoms. The number of fused-ring (bicyclic) bond motifs is 2. The number of ketones is 1. The molecule has 9 heteroatoms. The highest BCUT2D eigenvalue weighted by Gasteiger charge is 2.49. The van der Waals surface area contributed by atoms with Crippen molar-refractivity contribution in [3.63, 3.8) is 0 Å². The van der Waals surface area contributed by atoms with Crippen molar-refractivity contribution >= 4 is 11.9 Å². The number of rotatable bonds is 2. The highest BCUT2D eigenvalue weighted by molar-refractivity contribution is 5.82. The van der Waals surface area contributed by atoms with E-state index in [2.05, 4.69) is 0 Å². The van der Waals surface area contributed by atoms with Crippen molar-refractivity contribution in [1.82, 2.24) is 0 Å². The molecule has 0 N–H and O–H groups in total. The van der Waals surface area contributed by atoms with Gasteiger partial charge >= 0.3 is 12.4 Å². The monoisotopic (exact) mass is 408 g/mol. The predicted octanol–water partition coefficient (Wildman–Crippen LogP) is 5.44. The number of carbonyl (C=O) groups excluding carboxylic acids is 1. The standard InChI is InChI=1S/C19H18F6O3/c1-10-15(26)8-13-9-16(10)27-28-17(13,2)6-5-11-3-4-12(18(20,21)22)7-14(11)19(23,24)25/h3-7,10,13,16H,8-9H2,1-2H3/t10-,13?,16+,17+/m1/s1. The molecule has 2 aliphatic rings. The summed E-state index contributed by atoms with van der Waals surface area (Å²) in [5.74, 6) is -0.638. The van der Waals surface area contributed by atoms with Gasteiger partial charge in [0.1, 0.15) is 17.5 Å². The molecule has 2 fully saturated rings. The van der Waals surface area contributed by atoms with E-state index in [0.29, 0.717) is 12.5 Å². The van der Waals surface area contributed by atoms with Gasteiger partial charge in [0.15, 0.2) is 0 Å². The molecule has 1 aromatic carbocycles. The van der Waals surface area contributed by atoms with Gasteiger partial charge in [0.05, 0.1) is 11.1 Å². The quantitative estimate of drug-likeness (QED) is 0.483. The first-order chi connectivity index (χ1) is 12.8. The number of halogens is 6. The Labute approximate surface area is 157 Å². The molecule has 0 radical (unpaired) electrons. The van der Waals surface area contributed by atoms with Gasteiger partial charge in [-0.15, -0.1) is 0 Å². The van der Waals surface area contributed by atoms with Crippen LogP contribution in [0, 0.1) is 11.8 Å². The molecule has 1 aromatic rings. The Morgan fingerprint density at radius 3 is 2.43 bits per heavy atom. The zero-order valence-electron chi connectivity index (χ0n) is 15.0. The van der Waals surface area contributed by atoms with Crippen molar-refractivity contribution in [2.24, 2.45) is 11.8 Å². The van der Waals surface area contributed by atoms with E-state index in [0.717, 1.165) is 12.1 Å². The number of Topliss-reactive ketones (excluding diaryl/α,β-unsaturated/α-hetero) is 1. The predicted molar refractivity (Wildman–Crippen MR) is 86.7 cm³/mol. The Morgan fingerprint density at radius 1 is 1.14 bits per heavy atom. The lowest BCUT2D eigenvalue weighted by Gasteiger charge is -2.45. The molecule has 1 saturated heterocycles. The smallest absolute Gasteiger partial charge is 0.299 e. The van der Waals surface area contributed by atoms with Crippen LogP contribution in [0.25, 0.3) is 6.08 Å². The molecule has 1 unspecified atom stereocenters. The first-order valence-electron chi connectivity index (χ1n) is 8.66. The van der Waals surface area contributed by atoms with Gasteiger partial charge in [-0.2, -0.15) is 26.3 Å². The first-order valence-corrected chi connectivity index (χ1v) is 8.66. The van der Waals surface area contributed by atoms with Gasteiger partial charge in [0.2, 0.25) is 0 Å². The van der Waals surface area contributed by atoms with Crippen LogP contribution in [0.4, 0.5) is 26.3 Å². The fraction of sp³-hybridized carbons (Fsp3) is 0.526. The van der Waals surface area contributed by atoms with E-state index < -0.39 is 40.7 Å². The maximum absolute atomic E-state index is 13.3. The lowest BCUT2D eigenvalue weighted by molar-refractivity contribution is -0.415. The van der Waals surface area contributed by atoms with Crippen LogP contribution in [0.2, 0.25) is 0 Å². The van der Waals surface area contributed by atoms with Crippen LogP contribution < -0.4 is 0 Å². The summed E-state index contributed by atoms with van der Waals surface area (Å²) in [6.07, 6.45) is -7.18. The molecule has 4 atom stereocenters. The zero-order valence-corrected chi connectivity index (χ0v) is 15.0. The van der Waals surface area contributed by atoms with Crippen LogP contribution in [0.15, 0.2) is 24.3 Å². The summed E-state index contributed by atoms with van der Waals surface area (Å²) in [5.41, 5.74) is -4.37. The summed E-state index contributed by atoms with van der Waals surface area (Å²) >= 11 is 0. The third-order valence-corrected chi connectivity index (χ3v) is 5.47. The first kappa shape index (κ1) is 20.9. The van der Waals surface area contributed by atoms with Crippen LogP contribution in [0.3, 0.4) is 0 Å². The van der Waals surface area contributed by atoms with E-state index in [9.17, 15) is 31.1 Å². The normalized spacial score (nSPS) is 31.4. The van der Waals surface area contributed by atoms with Gasteiger partial charge in [-0.25, -0.2) is 9.78 Å². The van der Waals surface area contributed by atoms with Crippen LogP contribution in [0.1, 0.15) is 43.4 Å². The Bertz CT molecular complexity index is 798. The second kappa shape index (κ2) is 6.88. The number of alkyl halides is 6. The number of benzene rings is 1.